The summed E-state index contributed by atoms with van der Waals surface area (Å²) < 4.78 is 5.17. The van der Waals surface area contributed by atoms with Crippen LogP contribution in [0, 0.1) is 0 Å². The first-order valence-electron chi connectivity index (χ1n) is 8.01. The fraction of sp³-hybridized carbons (Fsp3) is 0.353. The Labute approximate surface area is 140 Å². The highest BCUT2D eigenvalue weighted by Crippen LogP contribution is 2.19. The zero-order valence-corrected chi connectivity index (χ0v) is 13.6. The van der Waals surface area contributed by atoms with Gasteiger partial charge in [0.25, 0.3) is 11.8 Å². The van der Waals surface area contributed by atoms with E-state index >= 15 is 0 Å². The molecule has 7 heteroatoms. The number of piperazine rings is 1. The third kappa shape index (κ3) is 3.24. The van der Waals surface area contributed by atoms with Crippen LogP contribution in [-0.4, -0.2) is 54.4 Å². The lowest BCUT2D eigenvalue weighted by Gasteiger charge is -2.35. The quantitative estimate of drug-likeness (QED) is 0.917. The number of nitrogens with one attached hydrogen (secondary N) is 1. The molecule has 1 aliphatic rings. The molecule has 1 N–H and O–H groups in total. The maximum atomic E-state index is 12.3. The van der Waals surface area contributed by atoms with E-state index in [0.717, 1.165) is 0 Å². The van der Waals surface area contributed by atoms with Crippen LogP contribution in [0.25, 0.3) is 0 Å². The van der Waals surface area contributed by atoms with Crippen LogP contribution in [-0.2, 0) is 0 Å². The van der Waals surface area contributed by atoms with Crippen molar-refractivity contribution in [2.24, 2.45) is 0 Å². The summed E-state index contributed by atoms with van der Waals surface area (Å²) in [6.45, 7) is 4.81. The molecule has 1 saturated heterocycles. The lowest BCUT2D eigenvalue weighted by Crippen LogP contribution is -2.49. The molecule has 0 bridgehead atoms. The molecule has 1 fully saturated rings. The highest BCUT2D eigenvalue weighted by Gasteiger charge is 2.26. The Kier molecular flexibility index (Phi) is 4.79. The number of pyridine rings is 1. The average Bonchev–Trinajstić information content (AvgIpc) is 3.16. The van der Waals surface area contributed by atoms with E-state index in [1.165, 1.54) is 6.26 Å². The molecule has 0 saturated carbocycles. The van der Waals surface area contributed by atoms with Crippen molar-refractivity contribution in [3.05, 3.63) is 48.0 Å². The van der Waals surface area contributed by atoms with Gasteiger partial charge in [0.2, 0.25) is 0 Å². The Bertz CT molecular complexity index is 706. The topological polar surface area (TPSA) is 78.7 Å². The number of nitrogens with zero attached hydrogens (tertiary/aromatic N) is 3. The number of carbonyl (C=O) groups excluding carboxylic acids is 2. The number of hydrogen-bond acceptors (Lipinski definition) is 5. The number of furan rings is 1. The van der Waals surface area contributed by atoms with Gasteiger partial charge in [-0.3, -0.25) is 9.59 Å². The molecule has 2 amide bonds. The van der Waals surface area contributed by atoms with Crippen molar-refractivity contribution in [2.75, 3.05) is 37.6 Å². The van der Waals surface area contributed by atoms with Crippen molar-refractivity contribution in [3.8, 4) is 0 Å². The number of carbonyl (C=O) groups is 2. The summed E-state index contributed by atoms with van der Waals surface area (Å²) in [5, 5.41) is 2.80. The summed E-state index contributed by atoms with van der Waals surface area (Å²) in [6, 6.07) is 6.90. The van der Waals surface area contributed by atoms with Crippen molar-refractivity contribution < 1.29 is 14.0 Å². The molecule has 24 heavy (non-hydrogen) atoms. The lowest BCUT2D eigenvalue weighted by atomic mass is 10.2. The van der Waals surface area contributed by atoms with Gasteiger partial charge in [-0.1, -0.05) is 0 Å². The fourth-order valence-electron chi connectivity index (χ4n) is 2.76. The van der Waals surface area contributed by atoms with Gasteiger partial charge in [0, 0.05) is 38.9 Å². The molecule has 2 aromatic rings. The Morgan fingerprint density at radius 2 is 2.00 bits per heavy atom. The first-order valence-corrected chi connectivity index (χ1v) is 8.01. The van der Waals surface area contributed by atoms with Gasteiger partial charge < -0.3 is 19.5 Å². The predicted octanol–water partition coefficient (Wildman–Crippen LogP) is 1.39. The van der Waals surface area contributed by atoms with Crippen LogP contribution in [0.1, 0.15) is 27.8 Å². The van der Waals surface area contributed by atoms with Gasteiger partial charge in [0.1, 0.15) is 5.82 Å². The molecule has 0 aromatic carbocycles. The van der Waals surface area contributed by atoms with Crippen LogP contribution in [0.5, 0.6) is 0 Å². The summed E-state index contributed by atoms with van der Waals surface area (Å²) in [5.41, 5.74) is 0.560. The van der Waals surface area contributed by atoms with E-state index in [1.807, 2.05) is 11.8 Å². The lowest BCUT2D eigenvalue weighted by molar-refractivity contribution is 0.0713. The average molecular weight is 328 g/mol. The highest BCUT2D eigenvalue weighted by molar-refractivity contribution is 5.99. The van der Waals surface area contributed by atoms with E-state index in [1.54, 1.807) is 35.4 Å². The highest BCUT2D eigenvalue weighted by atomic mass is 16.3. The molecule has 0 radical (unpaired) electrons. The normalized spacial score (nSPS) is 14.5. The Balaban J connectivity index is 1.69. The largest absolute Gasteiger partial charge is 0.459 e. The third-order valence-corrected chi connectivity index (χ3v) is 3.97. The van der Waals surface area contributed by atoms with Crippen molar-refractivity contribution >= 4 is 17.6 Å². The summed E-state index contributed by atoms with van der Waals surface area (Å²) in [4.78, 5) is 32.6. The fourth-order valence-corrected chi connectivity index (χ4v) is 2.76. The second-order valence-electron chi connectivity index (χ2n) is 5.49. The van der Waals surface area contributed by atoms with Gasteiger partial charge in [0.05, 0.1) is 11.8 Å². The molecule has 2 aromatic heterocycles. The minimum absolute atomic E-state index is 0.107. The van der Waals surface area contributed by atoms with Gasteiger partial charge in [-0.05, 0) is 31.2 Å². The van der Waals surface area contributed by atoms with E-state index in [9.17, 15) is 9.59 Å². The number of rotatable bonds is 4. The summed E-state index contributed by atoms with van der Waals surface area (Å²) >= 11 is 0. The van der Waals surface area contributed by atoms with Crippen molar-refractivity contribution in [2.45, 2.75) is 6.92 Å². The molecule has 126 valence electrons. The molecular weight excluding hydrogens is 308 g/mol. The zero-order chi connectivity index (χ0) is 16.9. The Morgan fingerprint density at radius 3 is 2.67 bits per heavy atom. The molecule has 0 aliphatic carbocycles. The SMILES string of the molecule is CCNC(=O)c1cccnc1N1CCN(C(=O)c2ccco2)CC1. The number of amides is 2. The van der Waals surface area contributed by atoms with Crippen molar-refractivity contribution in [1.82, 2.24) is 15.2 Å². The van der Waals surface area contributed by atoms with E-state index in [0.29, 0.717) is 49.9 Å². The first-order chi connectivity index (χ1) is 11.7. The molecule has 0 unspecified atom stereocenters. The molecule has 3 rings (SSSR count). The Morgan fingerprint density at radius 1 is 1.21 bits per heavy atom. The molecule has 3 heterocycles. The monoisotopic (exact) mass is 328 g/mol. The molecular formula is C17H20N4O3. The Hall–Kier alpha value is -2.83. The van der Waals surface area contributed by atoms with E-state index < -0.39 is 0 Å². The second kappa shape index (κ2) is 7.16. The minimum atomic E-state index is -0.130. The van der Waals surface area contributed by atoms with Crippen LogP contribution in [0.4, 0.5) is 5.82 Å². The molecule has 7 nitrogen and oxygen atoms in total. The van der Waals surface area contributed by atoms with Gasteiger partial charge in [-0.25, -0.2) is 4.98 Å². The van der Waals surface area contributed by atoms with Gasteiger partial charge in [-0.15, -0.1) is 0 Å². The van der Waals surface area contributed by atoms with Gasteiger partial charge >= 0.3 is 0 Å². The van der Waals surface area contributed by atoms with Gasteiger partial charge in [-0.2, -0.15) is 0 Å². The molecule has 0 spiro atoms. The van der Waals surface area contributed by atoms with E-state index in [4.69, 9.17) is 4.42 Å². The van der Waals surface area contributed by atoms with Crippen LogP contribution < -0.4 is 10.2 Å². The summed E-state index contributed by atoms with van der Waals surface area (Å²) in [7, 11) is 0. The van der Waals surface area contributed by atoms with E-state index in [2.05, 4.69) is 10.3 Å². The number of hydrogen-bond donors (Lipinski definition) is 1. The van der Waals surface area contributed by atoms with Crippen molar-refractivity contribution in [1.29, 1.82) is 0 Å². The van der Waals surface area contributed by atoms with Crippen LogP contribution in [0.3, 0.4) is 0 Å². The first kappa shape index (κ1) is 16.0. The zero-order valence-electron chi connectivity index (χ0n) is 13.6. The van der Waals surface area contributed by atoms with Crippen LogP contribution in [0.15, 0.2) is 41.1 Å². The summed E-state index contributed by atoms with van der Waals surface area (Å²) in [5.74, 6) is 0.775. The molecule has 1 aliphatic heterocycles. The standard InChI is InChI=1S/C17H20N4O3/c1-2-18-16(22)13-5-3-7-19-15(13)20-8-10-21(11-9-20)17(23)14-6-4-12-24-14/h3-7,12H,2,8-11H2,1H3,(H,18,22). The maximum Gasteiger partial charge on any atom is 0.289 e. The number of anilines is 1. The van der Waals surface area contributed by atoms with Crippen molar-refractivity contribution in [3.63, 3.8) is 0 Å². The van der Waals surface area contributed by atoms with Crippen LogP contribution >= 0.6 is 0 Å². The maximum absolute atomic E-state index is 12.3. The predicted molar refractivity (Wildman–Crippen MR) is 89.1 cm³/mol. The van der Waals surface area contributed by atoms with E-state index in [-0.39, 0.29) is 11.8 Å². The molecule has 0 atom stereocenters. The third-order valence-electron chi connectivity index (χ3n) is 3.97. The smallest absolute Gasteiger partial charge is 0.289 e. The number of aromatic nitrogens is 1. The second-order valence-corrected chi connectivity index (χ2v) is 5.49. The van der Waals surface area contributed by atoms with Gasteiger partial charge in [0.15, 0.2) is 5.76 Å². The summed E-state index contributed by atoms with van der Waals surface area (Å²) in [6.07, 6.45) is 3.18. The minimum Gasteiger partial charge on any atom is -0.459 e. The van der Waals surface area contributed by atoms with Crippen LogP contribution in [0.2, 0.25) is 0 Å².